The predicted octanol–water partition coefficient (Wildman–Crippen LogP) is 0.478. The Balaban J connectivity index is 2.47. The van der Waals surface area contributed by atoms with Crippen molar-refractivity contribution in [2.75, 3.05) is 53.7 Å². The Hall–Kier alpha value is -0.200. The van der Waals surface area contributed by atoms with Gasteiger partial charge in [0.1, 0.15) is 0 Å². The van der Waals surface area contributed by atoms with Crippen molar-refractivity contribution < 1.29 is 14.2 Å². The molecule has 2 unspecified atom stereocenters. The number of rotatable bonds is 10. The Morgan fingerprint density at radius 3 is 2.61 bits per heavy atom. The number of nitrogens with zero attached hydrogens (tertiary/aromatic N) is 1. The second-order valence-electron chi connectivity index (χ2n) is 4.73. The minimum atomic E-state index is 0.286. The van der Waals surface area contributed by atoms with E-state index in [0.29, 0.717) is 12.6 Å². The highest BCUT2D eigenvalue weighted by Gasteiger charge is 2.29. The fourth-order valence-electron chi connectivity index (χ4n) is 2.51. The van der Waals surface area contributed by atoms with Gasteiger partial charge in [-0.15, -0.1) is 0 Å². The minimum Gasteiger partial charge on any atom is -0.385 e. The van der Waals surface area contributed by atoms with Gasteiger partial charge in [0.05, 0.1) is 12.7 Å². The summed E-state index contributed by atoms with van der Waals surface area (Å²) in [6.45, 7) is 4.92. The maximum atomic E-state index is 5.94. The molecule has 1 heterocycles. The first-order valence-corrected chi connectivity index (χ1v) is 6.87. The average Bonchev–Trinajstić information content (AvgIpc) is 2.90. The van der Waals surface area contributed by atoms with E-state index in [0.717, 1.165) is 52.2 Å². The zero-order valence-corrected chi connectivity index (χ0v) is 11.8. The van der Waals surface area contributed by atoms with Crippen LogP contribution in [0.4, 0.5) is 0 Å². The summed E-state index contributed by atoms with van der Waals surface area (Å²) in [7, 11) is 3.47. The first-order valence-electron chi connectivity index (χ1n) is 6.87. The van der Waals surface area contributed by atoms with Gasteiger partial charge < -0.3 is 19.9 Å². The number of hydrogen-bond acceptors (Lipinski definition) is 5. The van der Waals surface area contributed by atoms with Gasteiger partial charge in [-0.05, 0) is 19.3 Å². The number of nitrogens with two attached hydrogens (primary N) is 1. The molecule has 2 N–H and O–H groups in total. The number of hydrogen-bond donors (Lipinski definition) is 1. The molecule has 1 rings (SSSR count). The lowest BCUT2D eigenvalue weighted by atomic mass is 10.1. The summed E-state index contributed by atoms with van der Waals surface area (Å²) >= 11 is 0. The van der Waals surface area contributed by atoms with Crippen molar-refractivity contribution in [3.63, 3.8) is 0 Å². The first-order chi connectivity index (χ1) is 8.83. The molecule has 0 aromatic heterocycles. The Bertz CT molecular complexity index is 199. The monoisotopic (exact) mass is 260 g/mol. The molecule has 0 saturated carbocycles. The van der Waals surface area contributed by atoms with E-state index in [1.807, 2.05) is 0 Å². The molecule has 1 saturated heterocycles. The van der Waals surface area contributed by atoms with E-state index in [1.165, 1.54) is 0 Å². The zero-order valence-electron chi connectivity index (χ0n) is 11.8. The van der Waals surface area contributed by atoms with E-state index in [2.05, 4.69) is 4.90 Å². The Labute approximate surface area is 111 Å². The van der Waals surface area contributed by atoms with Gasteiger partial charge in [-0.3, -0.25) is 4.90 Å². The van der Waals surface area contributed by atoms with Crippen LogP contribution in [0.25, 0.3) is 0 Å². The molecule has 0 aromatic rings. The van der Waals surface area contributed by atoms with Gasteiger partial charge in [0, 0.05) is 53.1 Å². The van der Waals surface area contributed by atoms with E-state index in [4.69, 9.17) is 19.9 Å². The molecular weight excluding hydrogens is 232 g/mol. The van der Waals surface area contributed by atoms with Crippen LogP contribution in [-0.2, 0) is 14.2 Å². The Morgan fingerprint density at radius 2 is 2.06 bits per heavy atom. The fourth-order valence-corrected chi connectivity index (χ4v) is 2.51. The molecule has 0 radical (unpaired) electrons. The molecule has 5 nitrogen and oxygen atoms in total. The van der Waals surface area contributed by atoms with Crippen LogP contribution >= 0.6 is 0 Å². The van der Waals surface area contributed by atoms with Gasteiger partial charge >= 0.3 is 0 Å². The summed E-state index contributed by atoms with van der Waals surface area (Å²) in [5, 5.41) is 0. The lowest BCUT2D eigenvalue weighted by Crippen LogP contribution is -2.49. The summed E-state index contributed by atoms with van der Waals surface area (Å²) in [6.07, 6.45) is 3.57. The van der Waals surface area contributed by atoms with Crippen molar-refractivity contribution in [3.8, 4) is 0 Å². The van der Waals surface area contributed by atoms with E-state index in [1.54, 1.807) is 14.2 Å². The van der Waals surface area contributed by atoms with Gasteiger partial charge in [-0.2, -0.15) is 0 Å². The summed E-state index contributed by atoms with van der Waals surface area (Å²) in [5.74, 6) is 0. The van der Waals surface area contributed by atoms with Crippen LogP contribution in [0.1, 0.15) is 19.3 Å². The topological polar surface area (TPSA) is 57.0 Å². The van der Waals surface area contributed by atoms with E-state index >= 15 is 0 Å². The molecule has 0 aromatic carbocycles. The van der Waals surface area contributed by atoms with Crippen molar-refractivity contribution in [1.29, 1.82) is 0 Å². The van der Waals surface area contributed by atoms with Crippen molar-refractivity contribution >= 4 is 0 Å². The van der Waals surface area contributed by atoms with Gasteiger partial charge in [-0.25, -0.2) is 0 Å². The molecule has 1 aliphatic heterocycles. The van der Waals surface area contributed by atoms with Crippen LogP contribution < -0.4 is 5.73 Å². The average molecular weight is 260 g/mol. The van der Waals surface area contributed by atoms with Crippen LogP contribution in [0, 0.1) is 0 Å². The molecule has 5 heteroatoms. The van der Waals surface area contributed by atoms with Gasteiger partial charge in [0.2, 0.25) is 0 Å². The van der Waals surface area contributed by atoms with E-state index in [9.17, 15) is 0 Å². The van der Waals surface area contributed by atoms with Gasteiger partial charge in [-0.1, -0.05) is 0 Å². The van der Waals surface area contributed by atoms with Crippen LogP contribution in [0.5, 0.6) is 0 Å². The molecule has 18 heavy (non-hydrogen) atoms. The fraction of sp³-hybridized carbons (Fsp3) is 1.00. The van der Waals surface area contributed by atoms with Crippen molar-refractivity contribution in [2.24, 2.45) is 5.73 Å². The standard InChI is InChI=1S/C13H28N2O3/c1-16-8-4-6-15(7-10-17-2)12(11-14)13-5-3-9-18-13/h12-13H,3-11,14H2,1-2H3. The Morgan fingerprint density at radius 1 is 1.28 bits per heavy atom. The summed E-state index contributed by atoms with van der Waals surface area (Å²) < 4.78 is 16.1. The molecule has 0 spiro atoms. The maximum Gasteiger partial charge on any atom is 0.0743 e. The Kier molecular flexibility index (Phi) is 8.54. The molecule has 1 aliphatic rings. The second-order valence-corrected chi connectivity index (χ2v) is 4.73. The van der Waals surface area contributed by atoms with Crippen LogP contribution in [0.15, 0.2) is 0 Å². The maximum absolute atomic E-state index is 5.94. The van der Waals surface area contributed by atoms with E-state index < -0.39 is 0 Å². The van der Waals surface area contributed by atoms with E-state index in [-0.39, 0.29) is 6.10 Å². The van der Waals surface area contributed by atoms with Crippen molar-refractivity contribution in [2.45, 2.75) is 31.4 Å². The van der Waals surface area contributed by atoms with Gasteiger partial charge in [0.15, 0.2) is 0 Å². The highest BCUT2D eigenvalue weighted by Crippen LogP contribution is 2.19. The third-order valence-corrected chi connectivity index (χ3v) is 3.48. The quantitative estimate of drug-likeness (QED) is 0.579. The first kappa shape index (κ1) is 15.9. The van der Waals surface area contributed by atoms with Crippen molar-refractivity contribution in [1.82, 2.24) is 4.90 Å². The molecule has 0 aliphatic carbocycles. The molecular formula is C13H28N2O3. The summed E-state index contributed by atoms with van der Waals surface area (Å²) in [6, 6.07) is 0.305. The SMILES string of the molecule is COCCCN(CCOC)C(CN)C1CCCO1. The zero-order chi connectivity index (χ0) is 13.2. The third-order valence-electron chi connectivity index (χ3n) is 3.48. The van der Waals surface area contributed by atoms with Crippen LogP contribution in [0.3, 0.4) is 0 Å². The highest BCUT2D eigenvalue weighted by atomic mass is 16.5. The number of methoxy groups -OCH3 is 2. The van der Waals surface area contributed by atoms with Crippen LogP contribution in [-0.4, -0.2) is 70.7 Å². The second kappa shape index (κ2) is 9.69. The normalized spacial score (nSPS) is 21.7. The molecule has 1 fully saturated rings. The smallest absolute Gasteiger partial charge is 0.0743 e. The van der Waals surface area contributed by atoms with Gasteiger partial charge in [0.25, 0.3) is 0 Å². The highest BCUT2D eigenvalue weighted by molar-refractivity contribution is 4.84. The van der Waals surface area contributed by atoms with Crippen molar-refractivity contribution in [3.05, 3.63) is 0 Å². The lowest BCUT2D eigenvalue weighted by Gasteiger charge is -2.34. The molecule has 0 amide bonds. The summed E-state index contributed by atoms with van der Waals surface area (Å²) in [4.78, 5) is 2.39. The molecule has 2 atom stereocenters. The molecule has 0 bridgehead atoms. The summed E-state index contributed by atoms with van der Waals surface area (Å²) in [5.41, 5.74) is 5.94. The minimum absolute atomic E-state index is 0.286. The lowest BCUT2D eigenvalue weighted by molar-refractivity contribution is 0.0141. The van der Waals surface area contributed by atoms with Crippen LogP contribution in [0.2, 0.25) is 0 Å². The predicted molar refractivity (Wildman–Crippen MR) is 71.8 cm³/mol. The third kappa shape index (κ3) is 5.20. The molecule has 108 valence electrons. The largest absolute Gasteiger partial charge is 0.385 e. The number of ether oxygens (including phenoxy) is 3.